The van der Waals surface area contributed by atoms with E-state index in [9.17, 15) is 18.0 Å². The molecular formula is C27H42F6N6O. The number of carbonyl (C=O) groups is 1. The van der Waals surface area contributed by atoms with Gasteiger partial charge in [-0.2, -0.15) is 22.0 Å². The Morgan fingerprint density at radius 1 is 0.850 bits per heavy atom. The Bertz CT molecular complexity index is 970. The highest BCUT2D eigenvalue weighted by Gasteiger charge is 2.64. The maximum absolute atomic E-state index is 16.1. The van der Waals surface area contributed by atoms with E-state index in [0.717, 1.165) is 26.4 Å². The molecule has 2 aliphatic carbocycles. The fourth-order valence-electron chi connectivity index (χ4n) is 9.09. The summed E-state index contributed by atoms with van der Waals surface area (Å²) in [6, 6.07) is -0.345. The van der Waals surface area contributed by atoms with Crippen LogP contribution in [0.5, 0.6) is 0 Å². The van der Waals surface area contributed by atoms with E-state index in [0.29, 0.717) is 19.3 Å². The van der Waals surface area contributed by atoms with Gasteiger partial charge in [-0.3, -0.25) is 14.6 Å². The first-order chi connectivity index (χ1) is 18.7. The summed E-state index contributed by atoms with van der Waals surface area (Å²) >= 11 is 0. The van der Waals surface area contributed by atoms with E-state index < -0.39 is 53.6 Å². The van der Waals surface area contributed by atoms with Gasteiger partial charge in [0.25, 0.3) is 0 Å². The molecule has 0 radical (unpaired) electrons. The van der Waals surface area contributed by atoms with Gasteiger partial charge >= 0.3 is 12.1 Å². The average Bonchev–Trinajstić information content (AvgIpc) is 3.46. The van der Waals surface area contributed by atoms with E-state index >= 15 is 13.2 Å². The zero-order chi connectivity index (χ0) is 28.8. The van der Waals surface area contributed by atoms with Crippen LogP contribution in [0.2, 0.25) is 0 Å². The molecule has 5 heterocycles. The number of rotatable bonds is 5. The molecule has 0 spiro atoms. The summed E-state index contributed by atoms with van der Waals surface area (Å²) in [7, 11) is 3.51. The van der Waals surface area contributed by atoms with Crippen molar-refractivity contribution < 1.29 is 31.1 Å². The lowest BCUT2D eigenvalue weighted by Gasteiger charge is -2.60. The second-order valence-electron chi connectivity index (χ2n) is 13.6. The van der Waals surface area contributed by atoms with Crippen LogP contribution in [-0.2, 0) is 4.79 Å². The van der Waals surface area contributed by atoms with Crippen molar-refractivity contribution in [3.05, 3.63) is 0 Å². The van der Waals surface area contributed by atoms with Crippen molar-refractivity contribution in [2.24, 2.45) is 23.7 Å². The Labute approximate surface area is 231 Å². The standard InChI is InChI=1S/C27H42F6N6O/c1-25(28,26(29,30)24-35-34-14-37(24)3)15-5-4-6-16(7-15)38-13-21-20(23(38)40)9-17(10-22(21)27(31,32)33)39-18-8-19(39)12-36(2)11-18/h15-22,24,34-35H,4-14H2,1-3H3/t15?,16?,17?,18?,19?,20?,21?,22?,24?,25-/m1/s1. The molecule has 5 saturated heterocycles. The smallest absolute Gasteiger partial charge is 0.339 e. The predicted molar refractivity (Wildman–Crippen MR) is 136 cm³/mol. The van der Waals surface area contributed by atoms with E-state index in [2.05, 4.69) is 20.7 Å². The monoisotopic (exact) mass is 580 g/mol. The summed E-state index contributed by atoms with van der Waals surface area (Å²) in [5.74, 6) is -8.18. The Kier molecular flexibility index (Phi) is 7.20. The maximum Gasteiger partial charge on any atom is 0.392 e. The molecule has 1 amide bonds. The lowest BCUT2D eigenvalue weighted by molar-refractivity contribution is -0.213. The normalized spacial score (nSPS) is 43.5. The maximum atomic E-state index is 16.1. The molecule has 0 aromatic rings. The number of hydrogen-bond acceptors (Lipinski definition) is 6. The second kappa shape index (κ2) is 9.96. The summed E-state index contributed by atoms with van der Waals surface area (Å²) in [5, 5.41) is 0. The number of likely N-dealkylation sites (N-methyl/N-ethyl adjacent to an activating group) is 1. The first-order valence-electron chi connectivity index (χ1n) is 14.8. The summed E-state index contributed by atoms with van der Waals surface area (Å²) in [5.41, 5.74) is 2.23. The van der Waals surface area contributed by atoms with Crippen molar-refractivity contribution in [1.82, 2.24) is 30.5 Å². The van der Waals surface area contributed by atoms with Gasteiger partial charge in [-0.05, 0) is 65.5 Å². The van der Waals surface area contributed by atoms with E-state index in [4.69, 9.17) is 0 Å². The zero-order valence-electron chi connectivity index (χ0n) is 23.4. The van der Waals surface area contributed by atoms with Crippen molar-refractivity contribution >= 4 is 5.91 Å². The summed E-state index contributed by atoms with van der Waals surface area (Å²) in [6.45, 7) is 2.72. The minimum atomic E-state index is -4.42. The van der Waals surface area contributed by atoms with Gasteiger partial charge in [0.1, 0.15) is 6.17 Å². The number of nitrogens with zero attached hydrogens (tertiary/aromatic N) is 4. The molecule has 40 heavy (non-hydrogen) atoms. The third-order valence-corrected chi connectivity index (χ3v) is 11.2. The molecule has 7 nitrogen and oxygen atoms in total. The molecular weight excluding hydrogens is 538 g/mol. The molecule has 5 aliphatic heterocycles. The first-order valence-corrected chi connectivity index (χ1v) is 14.8. The number of hydrogen-bond donors (Lipinski definition) is 2. The molecule has 2 saturated carbocycles. The Morgan fingerprint density at radius 2 is 1.55 bits per heavy atom. The number of fused-ring (bicyclic) bond motifs is 3. The SMILES string of the molecule is CN1CC2CC(C1)N2C1CC2C(=O)N(C3CCCC([C@@](C)(F)C(F)(F)C4NNCN4C)C3)CC2C(C(F)(F)F)C1. The van der Waals surface area contributed by atoms with Gasteiger partial charge in [-0.1, -0.05) is 6.42 Å². The Balaban J connectivity index is 1.19. The summed E-state index contributed by atoms with van der Waals surface area (Å²) in [6.07, 6.45) is -3.32. The van der Waals surface area contributed by atoms with Gasteiger partial charge < -0.3 is 9.80 Å². The van der Waals surface area contributed by atoms with Crippen molar-refractivity contribution in [1.29, 1.82) is 0 Å². The lowest BCUT2D eigenvalue weighted by Crippen LogP contribution is -2.71. The molecule has 2 N–H and O–H groups in total. The molecule has 9 unspecified atom stereocenters. The number of likely N-dealkylation sites (tertiary alicyclic amines) is 1. The van der Waals surface area contributed by atoms with Gasteiger partial charge in [0.15, 0.2) is 5.67 Å². The van der Waals surface area contributed by atoms with Crippen LogP contribution in [0.1, 0.15) is 51.9 Å². The third kappa shape index (κ3) is 4.57. The molecule has 0 aromatic carbocycles. The first kappa shape index (κ1) is 28.9. The summed E-state index contributed by atoms with van der Waals surface area (Å²) in [4.78, 5) is 21.0. The fraction of sp³-hybridized carbons (Fsp3) is 0.963. The molecule has 7 aliphatic rings. The van der Waals surface area contributed by atoms with Crippen LogP contribution >= 0.6 is 0 Å². The number of piperidine rings is 1. The summed E-state index contributed by atoms with van der Waals surface area (Å²) < 4.78 is 90.3. The molecule has 7 fully saturated rings. The quantitative estimate of drug-likeness (QED) is 0.488. The lowest BCUT2D eigenvalue weighted by atomic mass is 9.69. The Hall–Kier alpha value is -1.15. The third-order valence-electron chi connectivity index (χ3n) is 11.2. The van der Waals surface area contributed by atoms with E-state index in [1.165, 1.54) is 16.8 Å². The van der Waals surface area contributed by atoms with Crippen LogP contribution in [-0.4, -0.2) is 114 Å². The van der Waals surface area contributed by atoms with Crippen LogP contribution in [0, 0.1) is 23.7 Å². The fourth-order valence-corrected chi connectivity index (χ4v) is 9.09. The van der Waals surface area contributed by atoms with Crippen LogP contribution in [0.4, 0.5) is 26.3 Å². The largest absolute Gasteiger partial charge is 0.392 e. The van der Waals surface area contributed by atoms with Crippen molar-refractivity contribution in [2.45, 2.75) is 100.0 Å². The molecule has 10 atom stereocenters. The van der Waals surface area contributed by atoms with Crippen molar-refractivity contribution in [3.63, 3.8) is 0 Å². The second-order valence-corrected chi connectivity index (χ2v) is 13.6. The van der Waals surface area contributed by atoms with Gasteiger partial charge in [0.05, 0.1) is 12.6 Å². The van der Waals surface area contributed by atoms with E-state index in [1.54, 1.807) is 0 Å². The van der Waals surface area contributed by atoms with Crippen molar-refractivity contribution in [3.8, 4) is 0 Å². The number of amides is 1. The minimum Gasteiger partial charge on any atom is -0.339 e. The molecule has 228 valence electrons. The highest BCUT2D eigenvalue weighted by Crippen LogP contribution is 2.53. The van der Waals surface area contributed by atoms with Crippen molar-refractivity contribution in [2.75, 3.05) is 40.4 Å². The van der Waals surface area contributed by atoms with E-state index in [1.807, 2.05) is 7.05 Å². The average molecular weight is 581 g/mol. The molecule has 13 heteroatoms. The number of nitrogens with one attached hydrogen (secondary N) is 2. The highest BCUT2D eigenvalue weighted by molar-refractivity contribution is 5.82. The van der Waals surface area contributed by atoms with Gasteiger partial charge in [-0.15, -0.1) is 0 Å². The van der Waals surface area contributed by atoms with Gasteiger partial charge in [0, 0.05) is 55.6 Å². The number of piperazine rings is 1. The highest BCUT2D eigenvalue weighted by atomic mass is 19.4. The topological polar surface area (TPSA) is 54.1 Å². The zero-order valence-corrected chi connectivity index (χ0v) is 23.4. The van der Waals surface area contributed by atoms with Crippen LogP contribution in [0.3, 0.4) is 0 Å². The predicted octanol–water partition coefficient (Wildman–Crippen LogP) is 3.04. The van der Waals surface area contributed by atoms with Crippen LogP contribution < -0.4 is 10.9 Å². The van der Waals surface area contributed by atoms with Gasteiger partial charge in [0.2, 0.25) is 5.91 Å². The van der Waals surface area contributed by atoms with Crippen LogP contribution in [0.25, 0.3) is 0 Å². The number of halogens is 6. The number of hydrazine groups is 1. The van der Waals surface area contributed by atoms with E-state index in [-0.39, 0.29) is 56.5 Å². The molecule has 0 aromatic heterocycles. The molecule has 7 rings (SSSR count). The molecule has 2 bridgehead atoms. The minimum absolute atomic E-state index is 0.000504. The van der Waals surface area contributed by atoms with Crippen LogP contribution in [0.15, 0.2) is 0 Å². The van der Waals surface area contributed by atoms with Gasteiger partial charge in [-0.25, -0.2) is 15.2 Å². The number of carbonyl (C=O) groups excluding carboxylic acids is 1. The number of alkyl halides is 6. The Morgan fingerprint density at radius 3 is 2.17 bits per heavy atom.